The molecule has 0 bridgehead atoms. The number of amides is 1. The quantitative estimate of drug-likeness (QED) is 0.333. The summed E-state index contributed by atoms with van der Waals surface area (Å²) in [6.45, 7) is 0.532. The summed E-state index contributed by atoms with van der Waals surface area (Å²) in [5.74, 6) is 0.651. The maximum absolute atomic E-state index is 12.6. The Kier molecular flexibility index (Phi) is 7.76. The lowest BCUT2D eigenvalue weighted by Gasteiger charge is -2.10. The molecule has 10 heteroatoms. The molecule has 4 aromatic rings. The topological polar surface area (TPSA) is 120 Å². The minimum atomic E-state index is -3.89. The van der Waals surface area contributed by atoms with Crippen molar-refractivity contribution in [2.24, 2.45) is 0 Å². The summed E-state index contributed by atoms with van der Waals surface area (Å²) >= 11 is 0. The summed E-state index contributed by atoms with van der Waals surface area (Å²) in [6, 6.07) is 24.0. The predicted octanol–water partition coefficient (Wildman–Crippen LogP) is 4.16. The van der Waals surface area contributed by atoms with Gasteiger partial charge in [0.1, 0.15) is 17.9 Å². The first-order valence-electron chi connectivity index (χ1n) is 11.0. The molecule has 0 aliphatic rings. The molecule has 2 N–H and O–H groups in total. The van der Waals surface area contributed by atoms with Gasteiger partial charge in [-0.15, -0.1) is 0 Å². The highest BCUT2D eigenvalue weighted by Gasteiger charge is 2.16. The number of methoxy groups -OCH3 is 1. The third-order valence-corrected chi connectivity index (χ3v) is 6.50. The van der Waals surface area contributed by atoms with E-state index in [9.17, 15) is 13.2 Å². The molecular formula is C26H24N4O5S. The SMILES string of the molecule is COc1cc(NS(=O)(=O)c2ccc(NC(=O)c3ccc(OCCc4ccccc4)cc3)cc2)ncn1. The van der Waals surface area contributed by atoms with Crippen molar-refractivity contribution in [1.82, 2.24) is 9.97 Å². The summed E-state index contributed by atoms with van der Waals surface area (Å²) in [4.78, 5) is 20.3. The highest BCUT2D eigenvalue weighted by molar-refractivity contribution is 7.92. The lowest BCUT2D eigenvalue weighted by molar-refractivity contribution is 0.102. The van der Waals surface area contributed by atoms with Crippen LogP contribution in [0.15, 0.2) is 96.2 Å². The van der Waals surface area contributed by atoms with Gasteiger partial charge in [0.15, 0.2) is 0 Å². The minimum Gasteiger partial charge on any atom is -0.493 e. The molecule has 0 atom stereocenters. The Labute approximate surface area is 209 Å². The van der Waals surface area contributed by atoms with Crippen LogP contribution in [-0.2, 0) is 16.4 Å². The molecule has 1 heterocycles. The maximum Gasteiger partial charge on any atom is 0.263 e. The zero-order valence-corrected chi connectivity index (χ0v) is 20.2. The van der Waals surface area contributed by atoms with E-state index < -0.39 is 10.0 Å². The molecule has 3 aromatic carbocycles. The van der Waals surface area contributed by atoms with E-state index in [4.69, 9.17) is 9.47 Å². The van der Waals surface area contributed by atoms with Crippen LogP contribution in [0, 0.1) is 0 Å². The fourth-order valence-electron chi connectivity index (χ4n) is 3.26. The van der Waals surface area contributed by atoms with Gasteiger partial charge in [0, 0.05) is 23.7 Å². The summed E-state index contributed by atoms with van der Waals surface area (Å²) in [6.07, 6.45) is 1.98. The molecule has 4 rings (SSSR count). The highest BCUT2D eigenvalue weighted by atomic mass is 32.2. The number of rotatable bonds is 10. The first-order chi connectivity index (χ1) is 17.4. The molecule has 1 amide bonds. The van der Waals surface area contributed by atoms with Crippen LogP contribution >= 0.6 is 0 Å². The van der Waals surface area contributed by atoms with Crippen LogP contribution in [0.1, 0.15) is 15.9 Å². The Morgan fingerprint density at radius 3 is 2.33 bits per heavy atom. The molecule has 1 aromatic heterocycles. The molecular weight excluding hydrogens is 480 g/mol. The average molecular weight is 505 g/mol. The molecule has 184 valence electrons. The molecule has 0 aliphatic heterocycles. The predicted molar refractivity (Wildman–Crippen MR) is 136 cm³/mol. The number of nitrogens with one attached hydrogen (secondary N) is 2. The van der Waals surface area contributed by atoms with Gasteiger partial charge < -0.3 is 14.8 Å². The minimum absolute atomic E-state index is 0.00934. The molecule has 0 spiro atoms. The fraction of sp³-hybridized carbons (Fsp3) is 0.115. The molecule has 0 aliphatic carbocycles. The monoisotopic (exact) mass is 504 g/mol. The van der Waals surface area contributed by atoms with Crippen molar-refractivity contribution in [1.29, 1.82) is 0 Å². The van der Waals surface area contributed by atoms with Crippen LogP contribution in [0.5, 0.6) is 11.6 Å². The second kappa shape index (κ2) is 11.3. The van der Waals surface area contributed by atoms with Gasteiger partial charge >= 0.3 is 0 Å². The van der Waals surface area contributed by atoms with Crippen LogP contribution in [0.2, 0.25) is 0 Å². The normalized spacial score (nSPS) is 10.9. The average Bonchev–Trinajstić information content (AvgIpc) is 2.90. The van der Waals surface area contributed by atoms with Gasteiger partial charge in [0.05, 0.1) is 18.6 Å². The number of nitrogens with zero attached hydrogens (tertiary/aromatic N) is 2. The third kappa shape index (κ3) is 6.57. The number of sulfonamides is 1. The van der Waals surface area contributed by atoms with E-state index in [-0.39, 0.29) is 22.5 Å². The molecule has 0 saturated heterocycles. The van der Waals surface area contributed by atoms with Crippen molar-refractivity contribution < 1.29 is 22.7 Å². The zero-order chi connectivity index (χ0) is 25.4. The van der Waals surface area contributed by atoms with Gasteiger partial charge in [0.2, 0.25) is 5.88 Å². The Balaban J connectivity index is 1.32. The van der Waals surface area contributed by atoms with Gasteiger partial charge in [-0.2, -0.15) is 0 Å². The molecule has 0 unspecified atom stereocenters. The van der Waals surface area contributed by atoms with Crippen molar-refractivity contribution >= 4 is 27.4 Å². The first kappa shape index (κ1) is 24.7. The fourth-order valence-corrected chi connectivity index (χ4v) is 4.26. The van der Waals surface area contributed by atoms with Gasteiger partial charge in [-0.05, 0) is 54.1 Å². The van der Waals surface area contributed by atoms with E-state index >= 15 is 0 Å². The number of ether oxygens (including phenoxy) is 2. The molecule has 36 heavy (non-hydrogen) atoms. The Morgan fingerprint density at radius 2 is 1.64 bits per heavy atom. The molecule has 9 nitrogen and oxygen atoms in total. The van der Waals surface area contributed by atoms with Crippen LogP contribution in [0.4, 0.5) is 11.5 Å². The van der Waals surface area contributed by atoms with Crippen LogP contribution < -0.4 is 19.5 Å². The van der Waals surface area contributed by atoms with Crippen molar-refractivity contribution in [3.05, 3.63) is 102 Å². The standard InChI is InChI=1S/C26H24N4O5S/c1-34-25-17-24(27-18-28-25)30-36(32,33)23-13-9-21(10-14-23)29-26(31)20-7-11-22(12-8-20)35-16-15-19-5-3-2-4-6-19/h2-14,17-18H,15-16H2,1H3,(H,29,31)(H,27,28,30). The summed E-state index contributed by atoms with van der Waals surface area (Å²) in [5, 5.41) is 2.75. The lowest BCUT2D eigenvalue weighted by atomic mass is 10.2. The second-order valence-corrected chi connectivity index (χ2v) is 9.32. The Morgan fingerprint density at radius 1 is 0.917 bits per heavy atom. The maximum atomic E-state index is 12.6. The lowest BCUT2D eigenvalue weighted by Crippen LogP contribution is -2.15. The number of aromatic nitrogens is 2. The zero-order valence-electron chi connectivity index (χ0n) is 19.4. The number of carbonyl (C=O) groups excluding carboxylic acids is 1. The van der Waals surface area contributed by atoms with E-state index in [1.54, 1.807) is 24.3 Å². The van der Waals surface area contributed by atoms with E-state index in [1.807, 2.05) is 30.3 Å². The molecule has 0 saturated carbocycles. The van der Waals surface area contributed by atoms with Crippen LogP contribution in [-0.4, -0.2) is 38.0 Å². The van der Waals surface area contributed by atoms with Crippen molar-refractivity contribution in [3.8, 4) is 11.6 Å². The van der Waals surface area contributed by atoms with Gasteiger partial charge in [-0.3, -0.25) is 9.52 Å². The smallest absolute Gasteiger partial charge is 0.263 e. The van der Waals surface area contributed by atoms with Gasteiger partial charge in [-0.1, -0.05) is 30.3 Å². The van der Waals surface area contributed by atoms with Crippen molar-refractivity contribution in [3.63, 3.8) is 0 Å². The third-order valence-electron chi connectivity index (χ3n) is 5.13. The summed E-state index contributed by atoms with van der Waals surface area (Å²) in [7, 11) is -2.47. The van der Waals surface area contributed by atoms with E-state index in [0.717, 1.165) is 6.42 Å². The molecule has 0 fully saturated rings. The van der Waals surface area contributed by atoms with Gasteiger partial charge in [-0.25, -0.2) is 18.4 Å². The van der Waals surface area contributed by atoms with Crippen molar-refractivity contribution in [2.75, 3.05) is 23.8 Å². The van der Waals surface area contributed by atoms with E-state index in [0.29, 0.717) is 23.6 Å². The second-order valence-electron chi connectivity index (χ2n) is 7.64. The Hall–Kier alpha value is -4.44. The highest BCUT2D eigenvalue weighted by Crippen LogP contribution is 2.20. The summed E-state index contributed by atoms with van der Waals surface area (Å²) in [5.41, 5.74) is 2.09. The first-order valence-corrected chi connectivity index (χ1v) is 12.5. The van der Waals surface area contributed by atoms with E-state index in [1.165, 1.54) is 49.3 Å². The number of benzene rings is 3. The van der Waals surface area contributed by atoms with Gasteiger partial charge in [0.25, 0.3) is 15.9 Å². The molecule has 0 radical (unpaired) electrons. The van der Waals surface area contributed by atoms with Crippen LogP contribution in [0.3, 0.4) is 0 Å². The largest absolute Gasteiger partial charge is 0.493 e. The van der Waals surface area contributed by atoms with Crippen LogP contribution in [0.25, 0.3) is 0 Å². The van der Waals surface area contributed by atoms with E-state index in [2.05, 4.69) is 20.0 Å². The number of hydrogen-bond acceptors (Lipinski definition) is 7. The number of hydrogen-bond donors (Lipinski definition) is 2. The number of anilines is 2. The Bertz CT molecular complexity index is 1410. The number of carbonyl (C=O) groups is 1. The van der Waals surface area contributed by atoms with Crippen molar-refractivity contribution in [2.45, 2.75) is 11.3 Å². The summed E-state index contributed by atoms with van der Waals surface area (Å²) < 4.78 is 38.4.